The van der Waals surface area contributed by atoms with Gasteiger partial charge in [0.15, 0.2) is 0 Å². The number of fused-ring (bicyclic) bond motifs is 1. The maximum atomic E-state index is 4.37. The molecule has 0 spiro atoms. The molecule has 74 valence electrons. The van der Waals surface area contributed by atoms with E-state index in [1.54, 1.807) is 10.9 Å². The highest BCUT2D eigenvalue weighted by Crippen LogP contribution is 2.25. The first kappa shape index (κ1) is 8.23. The minimum Gasteiger partial charge on any atom is -0.345 e. The molecule has 3 aromatic rings. The van der Waals surface area contributed by atoms with Crippen molar-refractivity contribution < 1.29 is 0 Å². The average molecular weight is 198 g/mol. The molecule has 0 amide bonds. The van der Waals surface area contributed by atoms with Crippen LogP contribution in [0.3, 0.4) is 0 Å². The molecule has 0 saturated heterocycles. The van der Waals surface area contributed by atoms with Crippen molar-refractivity contribution in [3.8, 4) is 11.3 Å². The van der Waals surface area contributed by atoms with Gasteiger partial charge < -0.3 is 4.98 Å². The highest BCUT2D eigenvalue weighted by Gasteiger charge is 2.07. The molecule has 4 nitrogen and oxygen atoms in total. The first-order chi connectivity index (χ1) is 7.34. The Hall–Kier alpha value is -2.10. The van der Waals surface area contributed by atoms with E-state index in [0.29, 0.717) is 0 Å². The monoisotopic (exact) mass is 198 g/mol. The van der Waals surface area contributed by atoms with Crippen molar-refractivity contribution in [2.45, 2.75) is 0 Å². The summed E-state index contributed by atoms with van der Waals surface area (Å²) < 4.78 is 1.80. The molecule has 0 bridgehead atoms. The van der Waals surface area contributed by atoms with Gasteiger partial charge in [0.1, 0.15) is 5.65 Å². The number of aryl methyl sites for hydroxylation is 1. The van der Waals surface area contributed by atoms with Crippen LogP contribution in [0.4, 0.5) is 0 Å². The minimum absolute atomic E-state index is 0.901. The molecule has 1 N–H and O–H groups in total. The molecule has 3 aromatic heterocycles. The second kappa shape index (κ2) is 2.95. The number of pyridine rings is 1. The quantitative estimate of drug-likeness (QED) is 0.649. The predicted octanol–water partition coefficient (Wildman–Crippen LogP) is 1.96. The van der Waals surface area contributed by atoms with Crippen LogP contribution in [0.1, 0.15) is 0 Å². The molecule has 0 aromatic carbocycles. The van der Waals surface area contributed by atoms with E-state index >= 15 is 0 Å². The third-order valence-electron chi connectivity index (χ3n) is 2.44. The Morgan fingerprint density at radius 3 is 3.07 bits per heavy atom. The van der Waals surface area contributed by atoms with Crippen molar-refractivity contribution in [2.75, 3.05) is 0 Å². The van der Waals surface area contributed by atoms with Gasteiger partial charge in [-0.1, -0.05) is 0 Å². The lowest BCUT2D eigenvalue weighted by molar-refractivity contribution is 0.771. The predicted molar refractivity (Wildman–Crippen MR) is 58.3 cm³/mol. The third kappa shape index (κ3) is 1.22. The number of nitrogens with one attached hydrogen (secondary N) is 1. The van der Waals surface area contributed by atoms with Crippen molar-refractivity contribution in [3.05, 3.63) is 36.8 Å². The topological polar surface area (TPSA) is 46.5 Å². The minimum atomic E-state index is 0.901. The number of hydrogen-bond donors (Lipinski definition) is 1. The third-order valence-corrected chi connectivity index (χ3v) is 2.44. The van der Waals surface area contributed by atoms with Crippen molar-refractivity contribution in [1.82, 2.24) is 19.7 Å². The molecular weight excluding hydrogens is 188 g/mol. The van der Waals surface area contributed by atoms with Crippen LogP contribution in [0.25, 0.3) is 22.3 Å². The van der Waals surface area contributed by atoms with Crippen LogP contribution in [0.5, 0.6) is 0 Å². The van der Waals surface area contributed by atoms with Crippen LogP contribution in [0.15, 0.2) is 36.8 Å². The molecule has 0 fully saturated rings. The Kier molecular flexibility index (Phi) is 1.62. The molecule has 0 radical (unpaired) electrons. The van der Waals surface area contributed by atoms with Gasteiger partial charge in [-0.15, -0.1) is 0 Å². The summed E-state index contributed by atoms with van der Waals surface area (Å²) >= 11 is 0. The number of H-pyrrole nitrogens is 1. The van der Waals surface area contributed by atoms with Gasteiger partial charge in [0.25, 0.3) is 0 Å². The van der Waals surface area contributed by atoms with Crippen LogP contribution in [-0.2, 0) is 7.05 Å². The van der Waals surface area contributed by atoms with E-state index < -0.39 is 0 Å². The van der Waals surface area contributed by atoms with Gasteiger partial charge in [-0.25, -0.2) is 4.98 Å². The number of aromatic amines is 1. The standard InChI is InChI=1S/C11H10N4/c1-15-6-4-10(14-15)9-7-13-11-8(9)3-2-5-12-11/h2-7H,1H3,(H,12,13). The first-order valence-corrected chi connectivity index (χ1v) is 4.77. The van der Waals surface area contributed by atoms with Gasteiger partial charge in [0, 0.05) is 36.6 Å². The number of nitrogens with zero attached hydrogens (tertiary/aromatic N) is 3. The molecular formula is C11H10N4. The average Bonchev–Trinajstić information content (AvgIpc) is 2.83. The van der Waals surface area contributed by atoms with Gasteiger partial charge >= 0.3 is 0 Å². The second-order valence-corrected chi connectivity index (χ2v) is 3.48. The van der Waals surface area contributed by atoms with Crippen LogP contribution in [-0.4, -0.2) is 19.7 Å². The van der Waals surface area contributed by atoms with Crippen LogP contribution < -0.4 is 0 Å². The number of rotatable bonds is 1. The zero-order valence-electron chi connectivity index (χ0n) is 8.31. The van der Waals surface area contributed by atoms with Gasteiger partial charge in [0.05, 0.1) is 5.69 Å². The molecule has 15 heavy (non-hydrogen) atoms. The van der Waals surface area contributed by atoms with Gasteiger partial charge in [-0.3, -0.25) is 4.68 Å². The lowest BCUT2D eigenvalue weighted by Crippen LogP contribution is -1.87. The van der Waals surface area contributed by atoms with Gasteiger partial charge in [-0.05, 0) is 18.2 Å². The summed E-state index contributed by atoms with van der Waals surface area (Å²) in [5.41, 5.74) is 2.97. The Labute approximate surface area is 86.6 Å². The van der Waals surface area contributed by atoms with Crippen molar-refractivity contribution in [3.63, 3.8) is 0 Å². The van der Waals surface area contributed by atoms with E-state index in [1.807, 2.05) is 37.6 Å². The molecule has 0 atom stereocenters. The molecule has 4 heteroatoms. The molecule has 0 aliphatic rings. The van der Waals surface area contributed by atoms with E-state index in [0.717, 1.165) is 22.3 Å². The normalized spacial score (nSPS) is 11.0. The fourth-order valence-corrected chi connectivity index (χ4v) is 1.73. The van der Waals surface area contributed by atoms with Crippen molar-refractivity contribution in [1.29, 1.82) is 0 Å². The zero-order valence-corrected chi connectivity index (χ0v) is 8.31. The van der Waals surface area contributed by atoms with E-state index in [1.165, 1.54) is 0 Å². The van der Waals surface area contributed by atoms with Crippen LogP contribution >= 0.6 is 0 Å². The zero-order chi connectivity index (χ0) is 10.3. The Morgan fingerprint density at radius 1 is 1.33 bits per heavy atom. The molecule has 0 unspecified atom stereocenters. The summed E-state index contributed by atoms with van der Waals surface area (Å²) in [6.45, 7) is 0. The smallest absolute Gasteiger partial charge is 0.137 e. The van der Waals surface area contributed by atoms with Crippen LogP contribution in [0, 0.1) is 0 Å². The van der Waals surface area contributed by atoms with E-state index in [9.17, 15) is 0 Å². The molecule has 0 aliphatic heterocycles. The summed E-state index contributed by atoms with van der Waals surface area (Å²) in [6.07, 6.45) is 5.66. The molecule has 0 aliphatic carbocycles. The fourth-order valence-electron chi connectivity index (χ4n) is 1.73. The lowest BCUT2D eigenvalue weighted by atomic mass is 10.2. The highest BCUT2D eigenvalue weighted by molar-refractivity contribution is 5.92. The first-order valence-electron chi connectivity index (χ1n) is 4.77. The van der Waals surface area contributed by atoms with E-state index in [-0.39, 0.29) is 0 Å². The summed E-state index contributed by atoms with van der Waals surface area (Å²) in [5.74, 6) is 0. The second-order valence-electron chi connectivity index (χ2n) is 3.48. The number of hydrogen-bond acceptors (Lipinski definition) is 2. The summed E-state index contributed by atoms with van der Waals surface area (Å²) in [6, 6.07) is 5.97. The summed E-state index contributed by atoms with van der Waals surface area (Å²) in [5, 5.41) is 5.48. The fraction of sp³-hybridized carbons (Fsp3) is 0.0909. The van der Waals surface area contributed by atoms with E-state index in [4.69, 9.17) is 0 Å². The molecule has 0 saturated carbocycles. The van der Waals surface area contributed by atoms with Crippen LogP contribution in [0.2, 0.25) is 0 Å². The molecule has 3 heterocycles. The van der Waals surface area contributed by atoms with E-state index in [2.05, 4.69) is 15.1 Å². The van der Waals surface area contributed by atoms with Crippen molar-refractivity contribution >= 4 is 11.0 Å². The number of aromatic nitrogens is 4. The largest absolute Gasteiger partial charge is 0.345 e. The van der Waals surface area contributed by atoms with Crippen molar-refractivity contribution in [2.24, 2.45) is 7.05 Å². The SMILES string of the molecule is Cn1ccc(-c2c[nH]c3ncccc23)n1. The Balaban J connectivity index is 2.27. The van der Waals surface area contributed by atoms with Gasteiger partial charge in [-0.2, -0.15) is 5.10 Å². The molecule has 3 rings (SSSR count). The maximum absolute atomic E-state index is 4.37. The maximum Gasteiger partial charge on any atom is 0.137 e. The van der Waals surface area contributed by atoms with Gasteiger partial charge in [0.2, 0.25) is 0 Å². The Morgan fingerprint density at radius 2 is 2.27 bits per heavy atom. The summed E-state index contributed by atoms with van der Waals surface area (Å²) in [7, 11) is 1.91. The Bertz CT molecular complexity index is 606. The lowest BCUT2D eigenvalue weighted by Gasteiger charge is -1.92. The highest BCUT2D eigenvalue weighted by atomic mass is 15.2. The summed E-state index contributed by atoms with van der Waals surface area (Å²) in [4.78, 5) is 7.38.